The second-order valence-corrected chi connectivity index (χ2v) is 6.49. The zero-order valence-electron chi connectivity index (χ0n) is 14.0. The van der Waals surface area contributed by atoms with E-state index in [9.17, 15) is 9.90 Å². The Hall–Kier alpha value is -1.85. The zero-order chi connectivity index (χ0) is 16.8. The van der Waals surface area contributed by atoms with E-state index >= 15 is 0 Å². The van der Waals surface area contributed by atoms with E-state index in [-0.39, 0.29) is 11.9 Å². The molecular formula is C19H26N2O3. The van der Waals surface area contributed by atoms with Crippen LogP contribution in [-0.4, -0.2) is 49.5 Å². The molecule has 1 aliphatic carbocycles. The molecule has 0 spiro atoms. The first kappa shape index (κ1) is 17.0. The molecule has 0 bridgehead atoms. The van der Waals surface area contributed by atoms with Gasteiger partial charge in [-0.1, -0.05) is 25.0 Å². The van der Waals surface area contributed by atoms with Gasteiger partial charge in [0.15, 0.2) is 0 Å². The summed E-state index contributed by atoms with van der Waals surface area (Å²) in [5, 5.41) is 12.8. The van der Waals surface area contributed by atoms with Gasteiger partial charge in [0.05, 0.1) is 25.4 Å². The van der Waals surface area contributed by atoms with E-state index < -0.39 is 6.10 Å². The highest BCUT2D eigenvalue weighted by Gasteiger charge is 2.23. The van der Waals surface area contributed by atoms with Gasteiger partial charge in [0.25, 0.3) is 0 Å². The van der Waals surface area contributed by atoms with Crippen LogP contribution in [0.1, 0.15) is 31.2 Å². The van der Waals surface area contributed by atoms with Crippen molar-refractivity contribution in [3.05, 3.63) is 35.9 Å². The third-order valence-electron chi connectivity index (χ3n) is 4.75. The number of hydrogen-bond acceptors (Lipinski definition) is 4. The molecule has 2 fully saturated rings. The van der Waals surface area contributed by atoms with Crippen LogP contribution in [0.4, 0.5) is 5.69 Å². The molecule has 130 valence electrons. The quantitative estimate of drug-likeness (QED) is 0.829. The molecule has 1 heterocycles. The highest BCUT2D eigenvalue weighted by Crippen LogP contribution is 2.19. The molecule has 2 N–H and O–H groups in total. The number of morpholine rings is 1. The molecule has 1 saturated carbocycles. The number of amides is 1. The monoisotopic (exact) mass is 330 g/mol. The highest BCUT2D eigenvalue weighted by molar-refractivity contribution is 5.92. The predicted octanol–water partition coefficient (Wildman–Crippen LogP) is 1.96. The molecule has 1 aliphatic heterocycles. The largest absolute Gasteiger partial charge is 0.391 e. The molecule has 1 amide bonds. The summed E-state index contributed by atoms with van der Waals surface area (Å²) in [7, 11) is 0. The van der Waals surface area contributed by atoms with Crippen molar-refractivity contribution in [2.24, 2.45) is 0 Å². The summed E-state index contributed by atoms with van der Waals surface area (Å²) in [6.07, 6.45) is 6.68. The van der Waals surface area contributed by atoms with Crippen molar-refractivity contribution in [3.8, 4) is 0 Å². The second kappa shape index (κ2) is 8.31. The molecule has 5 heteroatoms. The fraction of sp³-hybridized carbons (Fsp3) is 0.526. The fourth-order valence-corrected chi connectivity index (χ4v) is 3.30. The third kappa shape index (κ3) is 4.58. The topological polar surface area (TPSA) is 61.8 Å². The first-order valence-electron chi connectivity index (χ1n) is 8.82. The summed E-state index contributed by atoms with van der Waals surface area (Å²) in [4.78, 5) is 14.3. The Morgan fingerprint density at radius 3 is 2.58 bits per heavy atom. The lowest BCUT2D eigenvalue weighted by molar-refractivity contribution is -0.118. The van der Waals surface area contributed by atoms with E-state index in [1.807, 2.05) is 18.2 Å². The summed E-state index contributed by atoms with van der Waals surface area (Å²) in [5.74, 6) is -0.141. The molecule has 1 aromatic rings. The molecule has 2 atom stereocenters. The van der Waals surface area contributed by atoms with Crippen LogP contribution in [0.25, 0.3) is 6.08 Å². The van der Waals surface area contributed by atoms with Crippen LogP contribution >= 0.6 is 0 Å². The van der Waals surface area contributed by atoms with Crippen molar-refractivity contribution in [2.75, 3.05) is 31.2 Å². The summed E-state index contributed by atoms with van der Waals surface area (Å²) >= 11 is 0. The maximum absolute atomic E-state index is 12.0. The highest BCUT2D eigenvalue weighted by atomic mass is 16.5. The Bertz CT molecular complexity index is 564. The van der Waals surface area contributed by atoms with Crippen molar-refractivity contribution in [3.63, 3.8) is 0 Å². The molecule has 2 unspecified atom stereocenters. The normalized spacial score (nSPS) is 25.0. The summed E-state index contributed by atoms with van der Waals surface area (Å²) in [5.41, 5.74) is 2.18. The number of anilines is 1. The Kier molecular flexibility index (Phi) is 5.88. The van der Waals surface area contributed by atoms with Gasteiger partial charge in [0.1, 0.15) is 0 Å². The Labute approximate surface area is 143 Å². The summed E-state index contributed by atoms with van der Waals surface area (Å²) < 4.78 is 5.36. The van der Waals surface area contributed by atoms with Gasteiger partial charge >= 0.3 is 0 Å². The average molecular weight is 330 g/mol. The molecule has 0 radical (unpaired) electrons. The number of rotatable bonds is 4. The number of hydrogen-bond donors (Lipinski definition) is 2. The number of benzene rings is 1. The van der Waals surface area contributed by atoms with E-state index in [1.54, 1.807) is 6.08 Å². The van der Waals surface area contributed by atoms with Crippen LogP contribution < -0.4 is 10.2 Å². The van der Waals surface area contributed by atoms with Gasteiger partial charge in [0.2, 0.25) is 5.91 Å². The van der Waals surface area contributed by atoms with E-state index in [2.05, 4.69) is 22.3 Å². The van der Waals surface area contributed by atoms with Crippen molar-refractivity contribution >= 4 is 17.7 Å². The lowest BCUT2D eigenvalue weighted by atomic mass is 9.92. The number of carbonyl (C=O) groups excluding carboxylic acids is 1. The zero-order valence-corrected chi connectivity index (χ0v) is 14.0. The van der Waals surface area contributed by atoms with Gasteiger partial charge in [0, 0.05) is 24.9 Å². The molecule has 5 nitrogen and oxygen atoms in total. The van der Waals surface area contributed by atoms with Crippen LogP contribution in [0.15, 0.2) is 30.3 Å². The molecule has 3 rings (SSSR count). The smallest absolute Gasteiger partial charge is 0.244 e. The van der Waals surface area contributed by atoms with Gasteiger partial charge in [-0.15, -0.1) is 0 Å². The Morgan fingerprint density at radius 2 is 1.88 bits per heavy atom. The van der Waals surface area contributed by atoms with Crippen LogP contribution in [0, 0.1) is 0 Å². The molecule has 24 heavy (non-hydrogen) atoms. The molecule has 2 aliphatic rings. The SMILES string of the molecule is O=C(/C=C/c1ccc(N2CCOCC2)cc1)NC1CCCCC1O. The van der Waals surface area contributed by atoms with Crippen LogP contribution in [0.3, 0.4) is 0 Å². The summed E-state index contributed by atoms with van der Waals surface area (Å²) in [6, 6.07) is 8.08. The molecular weight excluding hydrogens is 304 g/mol. The number of ether oxygens (including phenoxy) is 1. The molecule has 1 saturated heterocycles. The third-order valence-corrected chi connectivity index (χ3v) is 4.75. The van der Waals surface area contributed by atoms with E-state index in [4.69, 9.17) is 4.74 Å². The first-order chi connectivity index (χ1) is 11.7. The lowest BCUT2D eigenvalue weighted by Crippen LogP contribution is -2.44. The van der Waals surface area contributed by atoms with Crippen LogP contribution in [0.5, 0.6) is 0 Å². The Balaban J connectivity index is 1.52. The fourth-order valence-electron chi connectivity index (χ4n) is 3.30. The van der Waals surface area contributed by atoms with Crippen molar-refractivity contribution < 1.29 is 14.6 Å². The van der Waals surface area contributed by atoms with E-state index in [0.29, 0.717) is 0 Å². The van der Waals surface area contributed by atoms with Gasteiger partial charge in [-0.25, -0.2) is 0 Å². The van der Waals surface area contributed by atoms with Crippen molar-refractivity contribution in [1.29, 1.82) is 0 Å². The number of carbonyl (C=O) groups is 1. The number of aliphatic hydroxyl groups excluding tert-OH is 1. The second-order valence-electron chi connectivity index (χ2n) is 6.49. The minimum Gasteiger partial charge on any atom is -0.391 e. The van der Waals surface area contributed by atoms with E-state index in [1.165, 1.54) is 5.69 Å². The molecule has 1 aromatic carbocycles. The van der Waals surface area contributed by atoms with Gasteiger partial charge in [-0.3, -0.25) is 4.79 Å². The van der Waals surface area contributed by atoms with Crippen LogP contribution in [0.2, 0.25) is 0 Å². The number of nitrogens with zero attached hydrogens (tertiary/aromatic N) is 1. The number of aliphatic hydroxyl groups is 1. The maximum Gasteiger partial charge on any atom is 0.244 e. The predicted molar refractivity (Wildman–Crippen MR) is 94.9 cm³/mol. The van der Waals surface area contributed by atoms with Crippen molar-refractivity contribution in [1.82, 2.24) is 5.32 Å². The average Bonchev–Trinajstić information content (AvgIpc) is 2.63. The summed E-state index contributed by atoms with van der Waals surface area (Å²) in [6.45, 7) is 3.38. The molecule has 0 aromatic heterocycles. The minimum absolute atomic E-state index is 0.111. The first-order valence-corrected chi connectivity index (χ1v) is 8.82. The maximum atomic E-state index is 12.0. The van der Waals surface area contributed by atoms with Gasteiger partial charge < -0.3 is 20.1 Å². The van der Waals surface area contributed by atoms with Crippen molar-refractivity contribution in [2.45, 2.75) is 37.8 Å². The van der Waals surface area contributed by atoms with E-state index in [0.717, 1.165) is 57.6 Å². The minimum atomic E-state index is -0.413. The standard InChI is InChI=1S/C19H26N2O3/c22-18-4-2-1-3-17(18)20-19(23)10-7-15-5-8-16(9-6-15)21-11-13-24-14-12-21/h5-10,17-18,22H,1-4,11-14H2,(H,20,23)/b10-7+. The number of nitrogens with one attached hydrogen (secondary N) is 1. The van der Waals surface area contributed by atoms with Crippen LogP contribution in [-0.2, 0) is 9.53 Å². The Morgan fingerprint density at radius 1 is 1.17 bits per heavy atom. The van der Waals surface area contributed by atoms with Gasteiger partial charge in [-0.2, -0.15) is 0 Å². The lowest BCUT2D eigenvalue weighted by Gasteiger charge is -2.28. The van der Waals surface area contributed by atoms with Gasteiger partial charge in [-0.05, 0) is 36.6 Å².